The van der Waals surface area contributed by atoms with Crippen molar-refractivity contribution in [2.24, 2.45) is 10.9 Å². The maximum absolute atomic E-state index is 8.86. The fraction of sp³-hybridized carbons (Fsp3) is 0.417. The van der Waals surface area contributed by atoms with Gasteiger partial charge in [0.25, 0.3) is 0 Å². The molecule has 18 heavy (non-hydrogen) atoms. The summed E-state index contributed by atoms with van der Waals surface area (Å²) in [5.74, 6) is 2.47. The van der Waals surface area contributed by atoms with Gasteiger partial charge in [-0.15, -0.1) is 0 Å². The van der Waals surface area contributed by atoms with Gasteiger partial charge in [-0.2, -0.15) is 11.8 Å². The molecule has 0 aromatic heterocycles. The molecule has 1 aromatic carbocycles. The van der Waals surface area contributed by atoms with Gasteiger partial charge in [0.1, 0.15) is 0 Å². The van der Waals surface area contributed by atoms with Crippen LogP contribution in [0.15, 0.2) is 27.8 Å². The normalized spacial score (nSPS) is 20.1. The number of halogens is 1. The molecule has 6 heteroatoms. The highest BCUT2D eigenvalue weighted by Crippen LogP contribution is 2.30. The van der Waals surface area contributed by atoms with E-state index in [0.717, 1.165) is 21.5 Å². The van der Waals surface area contributed by atoms with Gasteiger partial charge < -0.3 is 15.8 Å². The second-order valence-corrected chi connectivity index (χ2v) is 6.34. The van der Waals surface area contributed by atoms with E-state index in [9.17, 15) is 0 Å². The van der Waals surface area contributed by atoms with Crippen LogP contribution in [0.5, 0.6) is 0 Å². The smallest absolute Gasteiger partial charge is 0.172 e. The lowest BCUT2D eigenvalue weighted by Crippen LogP contribution is -2.33. The Morgan fingerprint density at radius 1 is 1.61 bits per heavy atom. The second kappa shape index (κ2) is 5.84. The van der Waals surface area contributed by atoms with E-state index in [0.29, 0.717) is 6.04 Å². The Bertz CT molecular complexity index is 461. The minimum atomic E-state index is 0.148. The summed E-state index contributed by atoms with van der Waals surface area (Å²) >= 11 is 5.43. The number of rotatable bonds is 3. The molecule has 0 saturated carbocycles. The van der Waals surface area contributed by atoms with E-state index in [-0.39, 0.29) is 5.84 Å². The standard InChI is InChI=1S/C12H16BrN3OS/c1-16(9-4-5-18-7-9)11-6-8(13)2-3-10(11)12(14)15-17/h2-3,6,9,17H,4-5,7H2,1H3,(H2,14,15). The molecule has 1 saturated heterocycles. The van der Waals surface area contributed by atoms with Crippen LogP contribution in [-0.2, 0) is 0 Å². The minimum Gasteiger partial charge on any atom is -0.409 e. The van der Waals surface area contributed by atoms with Gasteiger partial charge in [0.15, 0.2) is 5.84 Å². The van der Waals surface area contributed by atoms with Crippen molar-refractivity contribution >= 4 is 39.2 Å². The van der Waals surface area contributed by atoms with E-state index in [4.69, 9.17) is 10.9 Å². The van der Waals surface area contributed by atoms with Gasteiger partial charge in [-0.3, -0.25) is 0 Å². The third-order valence-electron chi connectivity index (χ3n) is 3.18. The fourth-order valence-corrected chi connectivity index (χ4v) is 3.71. The maximum atomic E-state index is 8.86. The second-order valence-electron chi connectivity index (χ2n) is 4.28. The van der Waals surface area contributed by atoms with Gasteiger partial charge in [-0.1, -0.05) is 21.1 Å². The van der Waals surface area contributed by atoms with E-state index in [1.54, 1.807) is 0 Å². The monoisotopic (exact) mass is 329 g/mol. The van der Waals surface area contributed by atoms with Crippen LogP contribution in [0.25, 0.3) is 0 Å². The van der Waals surface area contributed by atoms with Crippen LogP contribution in [0, 0.1) is 0 Å². The summed E-state index contributed by atoms with van der Waals surface area (Å²) in [6.45, 7) is 0. The Kier molecular flexibility index (Phi) is 4.40. The van der Waals surface area contributed by atoms with Crippen LogP contribution in [0.1, 0.15) is 12.0 Å². The Balaban J connectivity index is 2.37. The molecule has 98 valence electrons. The molecule has 1 aliphatic rings. The summed E-state index contributed by atoms with van der Waals surface area (Å²) in [7, 11) is 2.06. The number of amidine groups is 1. The molecule has 1 atom stereocenters. The van der Waals surface area contributed by atoms with E-state index in [1.165, 1.54) is 12.2 Å². The Morgan fingerprint density at radius 3 is 3.00 bits per heavy atom. The van der Waals surface area contributed by atoms with Gasteiger partial charge in [0.05, 0.1) is 0 Å². The lowest BCUT2D eigenvalue weighted by atomic mass is 10.1. The summed E-state index contributed by atoms with van der Waals surface area (Å²) in [4.78, 5) is 2.22. The Labute approximate surface area is 119 Å². The van der Waals surface area contributed by atoms with Gasteiger partial charge in [-0.05, 0) is 30.4 Å². The van der Waals surface area contributed by atoms with Gasteiger partial charge in [0, 0.05) is 34.6 Å². The zero-order valence-electron chi connectivity index (χ0n) is 10.1. The lowest BCUT2D eigenvalue weighted by Gasteiger charge is -2.28. The molecule has 1 fully saturated rings. The number of nitrogens with two attached hydrogens (primary N) is 1. The largest absolute Gasteiger partial charge is 0.409 e. The number of anilines is 1. The Morgan fingerprint density at radius 2 is 2.39 bits per heavy atom. The zero-order valence-corrected chi connectivity index (χ0v) is 12.5. The average Bonchev–Trinajstić information content (AvgIpc) is 2.90. The first-order chi connectivity index (χ1) is 8.63. The van der Waals surface area contributed by atoms with Crippen molar-refractivity contribution in [1.29, 1.82) is 0 Å². The number of nitrogens with zero attached hydrogens (tertiary/aromatic N) is 2. The third kappa shape index (κ3) is 2.75. The molecular formula is C12H16BrN3OS. The zero-order chi connectivity index (χ0) is 13.1. The van der Waals surface area contributed by atoms with Crippen molar-refractivity contribution in [3.05, 3.63) is 28.2 Å². The average molecular weight is 330 g/mol. The highest BCUT2D eigenvalue weighted by molar-refractivity contribution is 9.10. The summed E-state index contributed by atoms with van der Waals surface area (Å²) in [6, 6.07) is 6.28. The minimum absolute atomic E-state index is 0.148. The molecule has 1 aromatic rings. The van der Waals surface area contributed by atoms with Crippen molar-refractivity contribution in [1.82, 2.24) is 0 Å². The van der Waals surface area contributed by atoms with Crippen LogP contribution in [0.4, 0.5) is 5.69 Å². The van der Waals surface area contributed by atoms with E-state index >= 15 is 0 Å². The molecule has 1 unspecified atom stereocenters. The summed E-state index contributed by atoms with van der Waals surface area (Å²) in [6.07, 6.45) is 1.17. The summed E-state index contributed by atoms with van der Waals surface area (Å²) in [5.41, 5.74) is 7.49. The number of oxime groups is 1. The number of hydrogen-bond acceptors (Lipinski definition) is 4. The molecule has 2 rings (SSSR count). The summed E-state index contributed by atoms with van der Waals surface area (Å²) in [5, 5.41) is 12.0. The van der Waals surface area contributed by atoms with Crippen molar-refractivity contribution in [3.63, 3.8) is 0 Å². The van der Waals surface area contributed by atoms with Crippen molar-refractivity contribution in [2.75, 3.05) is 23.5 Å². The number of thioether (sulfide) groups is 1. The van der Waals surface area contributed by atoms with Crippen molar-refractivity contribution in [2.45, 2.75) is 12.5 Å². The molecule has 0 aliphatic carbocycles. The molecule has 0 radical (unpaired) electrons. The van der Waals surface area contributed by atoms with E-state index in [1.807, 2.05) is 30.0 Å². The molecule has 1 heterocycles. The Hall–Kier alpha value is -0.880. The lowest BCUT2D eigenvalue weighted by molar-refractivity contribution is 0.318. The van der Waals surface area contributed by atoms with Crippen LogP contribution < -0.4 is 10.6 Å². The first-order valence-corrected chi connectivity index (χ1v) is 7.66. The topological polar surface area (TPSA) is 61.8 Å². The molecule has 1 aliphatic heterocycles. The van der Waals surface area contributed by atoms with Crippen LogP contribution in [0.2, 0.25) is 0 Å². The molecule has 0 amide bonds. The van der Waals surface area contributed by atoms with Gasteiger partial charge in [-0.25, -0.2) is 0 Å². The maximum Gasteiger partial charge on any atom is 0.172 e. The van der Waals surface area contributed by atoms with E-state index < -0.39 is 0 Å². The number of hydrogen-bond donors (Lipinski definition) is 2. The number of benzene rings is 1. The highest BCUT2D eigenvalue weighted by atomic mass is 79.9. The fourth-order valence-electron chi connectivity index (χ4n) is 2.09. The molecule has 0 spiro atoms. The van der Waals surface area contributed by atoms with Crippen LogP contribution in [0.3, 0.4) is 0 Å². The summed E-state index contributed by atoms with van der Waals surface area (Å²) < 4.78 is 0.990. The van der Waals surface area contributed by atoms with Crippen molar-refractivity contribution < 1.29 is 5.21 Å². The van der Waals surface area contributed by atoms with Crippen LogP contribution in [-0.4, -0.2) is 35.6 Å². The van der Waals surface area contributed by atoms with E-state index in [2.05, 4.69) is 33.0 Å². The first-order valence-electron chi connectivity index (χ1n) is 5.71. The van der Waals surface area contributed by atoms with Gasteiger partial charge in [0.2, 0.25) is 0 Å². The predicted octanol–water partition coefficient (Wildman–Crippen LogP) is 2.49. The molecule has 3 N–H and O–H groups in total. The highest BCUT2D eigenvalue weighted by Gasteiger charge is 2.23. The molecule has 0 bridgehead atoms. The van der Waals surface area contributed by atoms with Crippen molar-refractivity contribution in [3.8, 4) is 0 Å². The molecule has 4 nitrogen and oxygen atoms in total. The third-order valence-corrected chi connectivity index (χ3v) is 4.81. The van der Waals surface area contributed by atoms with Gasteiger partial charge >= 0.3 is 0 Å². The first kappa shape index (κ1) is 13.5. The quantitative estimate of drug-likeness (QED) is 0.387. The molecular weight excluding hydrogens is 314 g/mol. The van der Waals surface area contributed by atoms with Crippen LogP contribution >= 0.6 is 27.7 Å². The SMILES string of the molecule is CN(c1cc(Br)ccc1/C(N)=N/O)C1CCSC1. The predicted molar refractivity (Wildman–Crippen MR) is 80.8 cm³/mol.